The third kappa shape index (κ3) is 7.13. The molecule has 0 aliphatic carbocycles. The number of aryl methyl sites for hydroxylation is 1. The van der Waals surface area contributed by atoms with Gasteiger partial charge in [-0.2, -0.15) is 14.9 Å². The van der Waals surface area contributed by atoms with Crippen molar-refractivity contribution in [2.75, 3.05) is 5.73 Å². The Morgan fingerprint density at radius 1 is 1.34 bits per heavy atom. The van der Waals surface area contributed by atoms with E-state index in [9.17, 15) is 18.0 Å². The zero-order valence-corrected chi connectivity index (χ0v) is 17.5. The van der Waals surface area contributed by atoms with Gasteiger partial charge in [-0.15, -0.1) is 18.3 Å². The van der Waals surface area contributed by atoms with Crippen molar-refractivity contribution in [2.45, 2.75) is 26.3 Å². The molecular weight excluding hydrogens is 451 g/mol. The van der Waals surface area contributed by atoms with Crippen molar-refractivity contribution >= 4 is 24.0 Å². The molecule has 0 saturated heterocycles. The number of rotatable bonds is 5. The first-order valence-electron chi connectivity index (χ1n) is 8.84. The third-order valence-electron chi connectivity index (χ3n) is 3.70. The number of carbonyl (C=O) groups excluding carboxylic acids is 1. The van der Waals surface area contributed by atoms with Gasteiger partial charge in [-0.3, -0.25) is 4.79 Å². The lowest BCUT2D eigenvalue weighted by atomic mass is 10.2. The Hall–Kier alpha value is -3.85. The van der Waals surface area contributed by atoms with Crippen molar-refractivity contribution in [3.05, 3.63) is 58.5 Å². The number of hydrogen-bond donors (Lipinski definition) is 2. The summed E-state index contributed by atoms with van der Waals surface area (Å²) < 4.78 is 40.3. The van der Waals surface area contributed by atoms with E-state index in [2.05, 4.69) is 25.1 Å². The van der Waals surface area contributed by atoms with Crippen LogP contribution < -0.4 is 15.8 Å². The maximum absolute atomic E-state index is 11.7. The fourth-order valence-corrected chi connectivity index (χ4v) is 2.72. The van der Waals surface area contributed by atoms with Gasteiger partial charge in [0.25, 0.3) is 0 Å². The number of nitrogens with one attached hydrogen (secondary N) is 1. The minimum absolute atomic E-state index is 0.0840. The molecule has 0 fully saturated rings. The first kappa shape index (κ1) is 24.4. The Balaban J connectivity index is 0.000000244. The summed E-state index contributed by atoms with van der Waals surface area (Å²) >= 11 is 5.53. The first-order chi connectivity index (χ1) is 15.0. The van der Waals surface area contributed by atoms with Crippen molar-refractivity contribution in [1.82, 2.24) is 25.1 Å². The van der Waals surface area contributed by atoms with Crippen LogP contribution in [0.2, 0.25) is 5.02 Å². The number of pyridine rings is 1. The molecular formula is C19H17ClF3N7O2. The number of halogens is 4. The molecule has 3 aromatic rings. The van der Waals surface area contributed by atoms with Gasteiger partial charge in [0, 0.05) is 11.2 Å². The Bertz CT molecular complexity index is 1090. The second-order valence-corrected chi connectivity index (χ2v) is 6.71. The van der Waals surface area contributed by atoms with Gasteiger partial charge in [-0.05, 0) is 49.7 Å². The predicted molar refractivity (Wildman–Crippen MR) is 109 cm³/mol. The minimum atomic E-state index is -4.67. The predicted octanol–water partition coefficient (Wildman–Crippen LogP) is 3.47. The molecule has 168 valence electrons. The second kappa shape index (κ2) is 10.5. The summed E-state index contributed by atoms with van der Waals surface area (Å²) in [5.74, 6) is 0.720. The molecule has 0 aliphatic heterocycles. The number of aromatic nitrogens is 4. The minimum Gasteiger partial charge on any atom is -0.406 e. The van der Waals surface area contributed by atoms with Crippen LogP contribution in [0.1, 0.15) is 29.9 Å². The normalized spacial score (nSPS) is 11.5. The number of benzene rings is 1. The number of amides is 1. The molecule has 0 aliphatic rings. The first-order valence-corrected chi connectivity index (χ1v) is 9.21. The monoisotopic (exact) mass is 467 g/mol. The highest BCUT2D eigenvalue weighted by Crippen LogP contribution is 2.26. The lowest BCUT2D eigenvalue weighted by molar-refractivity contribution is -0.274. The molecule has 2 heterocycles. The molecule has 0 spiro atoms. The highest BCUT2D eigenvalue weighted by molar-refractivity contribution is 6.30. The molecule has 1 aromatic carbocycles. The van der Waals surface area contributed by atoms with Crippen LogP contribution in [0.3, 0.4) is 0 Å². The molecule has 1 amide bonds. The number of nitrogens with zero attached hydrogens (tertiary/aromatic N) is 5. The Labute approximate surface area is 185 Å². The SMILES string of the molecule is CC(NC=O)c1nc(N)nn1-c1ccc(C#N)cn1.Cc1cc(Cl)cc(OC(F)(F)F)c1. The van der Waals surface area contributed by atoms with Crippen LogP contribution in [0, 0.1) is 18.3 Å². The van der Waals surface area contributed by atoms with Gasteiger partial charge in [-0.25, -0.2) is 4.98 Å². The van der Waals surface area contributed by atoms with E-state index >= 15 is 0 Å². The van der Waals surface area contributed by atoms with Crippen LogP contribution in [-0.2, 0) is 4.79 Å². The summed E-state index contributed by atoms with van der Waals surface area (Å²) in [7, 11) is 0. The van der Waals surface area contributed by atoms with Crippen LogP contribution in [0.15, 0.2) is 36.5 Å². The summed E-state index contributed by atoms with van der Waals surface area (Å²) in [6.07, 6.45) is -2.67. The van der Waals surface area contributed by atoms with Gasteiger partial charge >= 0.3 is 6.36 Å². The molecule has 0 bridgehead atoms. The number of anilines is 1. The Morgan fingerprint density at radius 2 is 2.06 bits per heavy atom. The number of alkyl halides is 3. The van der Waals surface area contributed by atoms with Crippen LogP contribution in [0.5, 0.6) is 5.75 Å². The molecule has 9 nitrogen and oxygen atoms in total. The van der Waals surface area contributed by atoms with E-state index in [1.165, 1.54) is 16.9 Å². The van der Waals surface area contributed by atoms with Crippen molar-refractivity contribution in [3.63, 3.8) is 0 Å². The summed E-state index contributed by atoms with van der Waals surface area (Å²) in [4.78, 5) is 18.6. The van der Waals surface area contributed by atoms with Crippen molar-refractivity contribution in [1.29, 1.82) is 5.26 Å². The highest BCUT2D eigenvalue weighted by atomic mass is 35.5. The highest BCUT2D eigenvalue weighted by Gasteiger charge is 2.31. The average molecular weight is 468 g/mol. The number of carbonyl (C=O) groups is 1. The summed E-state index contributed by atoms with van der Waals surface area (Å²) in [5.41, 5.74) is 6.63. The Morgan fingerprint density at radius 3 is 2.59 bits per heavy atom. The van der Waals surface area contributed by atoms with E-state index in [1.54, 1.807) is 32.0 Å². The van der Waals surface area contributed by atoms with Gasteiger partial charge in [0.1, 0.15) is 11.8 Å². The van der Waals surface area contributed by atoms with Crippen molar-refractivity contribution in [3.8, 4) is 17.6 Å². The van der Waals surface area contributed by atoms with Gasteiger partial charge in [0.15, 0.2) is 11.6 Å². The van der Waals surface area contributed by atoms with Crippen LogP contribution >= 0.6 is 11.6 Å². The molecule has 32 heavy (non-hydrogen) atoms. The maximum Gasteiger partial charge on any atom is 0.573 e. The van der Waals surface area contributed by atoms with Gasteiger partial charge in [0.05, 0.1) is 11.6 Å². The molecule has 1 unspecified atom stereocenters. The van der Waals surface area contributed by atoms with Crippen LogP contribution in [0.4, 0.5) is 19.1 Å². The number of nitrogens with two attached hydrogens (primary N) is 1. The van der Waals surface area contributed by atoms with Crippen molar-refractivity contribution < 1.29 is 22.7 Å². The van der Waals surface area contributed by atoms with Crippen LogP contribution in [0.25, 0.3) is 5.82 Å². The fraction of sp³-hybridized carbons (Fsp3) is 0.211. The molecule has 0 radical (unpaired) electrons. The molecule has 2 aromatic heterocycles. The van der Waals surface area contributed by atoms with E-state index < -0.39 is 6.36 Å². The summed E-state index contributed by atoms with van der Waals surface area (Å²) in [6.45, 7) is 3.38. The van der Waals surface area contributed by atoms with E-state index in [4.69, 9.17) is 22.6 Å². The number of nitriles is 1. The van der Waals surface area contributed by atoms with Gasteiger partial charge in [0.2, 0.25) is 12.4 Å². The quantitative estimate of drug-likeness (QED) is 0.549. The molecule has 3 rings (SSSR count). The van der Waals surface area contributed by atoms with E-state index in [0.29, 0.717) is 29.2 Å². The molecule has 13 heteroatoms. The topological polar surface area (TPSA) is 132 Å². The maximum atomic E-state index is 11.7. The van der Waals surface area contributed by atoms with Gasteiger partial charge < -0.3 is 15.8 Å². The zero-order chi connectivity index (χ0) is 23.9. The van der Waals surface area contributed by atoms with Gasteiger partial charge in [-0.1, -0.05) is 11.6 Å². The smallest absolute Gasteiger partial charge is 0.406 e. The lowest BCUT2D eigenvalue weighted by Crippen LogP contribution is -2.20. The third-order valence-corrected chi connectivity index (χ3v) is 3.92. The van der Waals surface area contributed by atoms with E-state index in [0.717, 1.165) is 6.07 Å². The fourth-order valence-electron chi connectivity index (χ4n) is 2.44. The second-order valence-electron chi connectivity index (χ2n) is 6.28. The van der Waals surface area contributed by atoms with E-state index in [1.807, 2.05) is 6.07 Å². The summed E-state index contributed by atoms with van der Waals surface area (Å²) in [6, 6.07) is 8.78. The van der Waals surface area contributed by atoms with Crippen LogP contribution in [-0.4, -0.2) is 32.5 Å². The largest absolute Gasteiger partial charge is 0.573 e. The van der Waals surface area contributed by atoms with Crippen molar-refractivity contribution in [2.24, 2.45) is 0 Å². The number of ether oxygens (including phenoxy) is 1. The number of nitrogen functional groups attached to an aromatic ring is 1. The molecule has 1 atom stereocenters. The number of hydrogen-bond acceptors (Lipinski definition) is 7. The summed E-state index contributed by atoms with van der Waals surface area (Å²) in [5, 5.41) is 15.5. The zero-order valence-electron chi connectivity index (χ0n) is 16.8. The Kier molecular flexibility index (Phi) is 7.97. The molecule has 3 N–H and O–H groups in total. The average Bonchev–Trinajstić information content (AvgIpc) is 3.08. The standard InChI is InChI=1S/C11H11N7O.C8H6ClF3O/c1-7(15-6-19)10-16-11(13)17-18(10)9-3-2-8(4-12)5-14-9;1-5-2-6(9)4-7(3-5)13-8(10,11)12/h2-3,5-7H,1H3,(H2,13,17)(H,15,19);2-4H,1H3. The molecule has 0 saturated carbocycles. The lowest BCUT2D eigenvalue weighted by Gasteiger charge is -2.10. The van der Waals surface area contributed by atoms with E-state index in [-0.39, 0.29) is 22.8 Å².